The van der Waals surface area contributed by atoms with Crippen molar-refractivity contribution in [2.75, 3.05) is 6.54 Å². The van der Waals surface area contributed by atoms with Crippen LogP contribution in [0.15, 0.2) is 35.5 Å². The molecule has 0 unspecified atom stereocenters. The van der Waals surface area contributed by atoms with Crippen LogP contribution in [0.5, 0.6) is 5.88 Å². The number of nitrogens with two attached hydrogens (primary N) is 1. The number of aromatic nitrogens is 1. The van der Waals surface area contributed by atoms with Crippen LogP contribution in [0.1, 0.15) is 38.2 Å². The van der Waals surface area contributed by atoms with E-state index in [1.54, 1.807) is 6.20 Å². The Kier molecular flexibility index (Phi) is 8.22. The Hall–Kier alpha value is -1.31. The van der Waals surface area contributed by atoms with E-state index in [2.05, 4.69) is 21.9 Å². The summed E-state index contributed by atoms with van der Waals surface area (Å²) in [6.07, 6.45) is 6.83. The third-order valence-corrected chi connectivity index (χ3v) is 3.39. The minimum Gasteiger partial charge on any atom is -0.474 e. The first-order chi connectivity index (χ1) is 10.1. The van der Waals surface area contributed by atoms with Gasteiger partial charge in [-0.25, -0.2) is 9.98 Å². The van der Waals surface area contributed by atoms with Gasteiger partial charge in [0.25, 0.3) is 0 Å². The fourth-order valence-electron chi connectivity index (χ4n) is 2.26. The molecule has 0 aliphatic heterocycles. The van der Waals surface area contributed by atoms with Gasteiger partial charge in [-0.1, -0.05) is 12.2 Å². The Balaban J connectivity index is 0.00000242. The molecule has 0 atom stereocenters. The second-order valence-electron chi connectivity index (χ2n) is 5.54. The van der Waals surface area contributed by atoms with Crippen molar-refractivity contribution in [2.45, 2.75) is 45.3 Å². The number of pyridine rings is 1. The number of aliphatic imine (C=N–C) groups is 1. The van der Waals surface area contributed by atoms with E-state index in [9.17, 15) is 0 Å². The summed E-state index contributed by atoms with van der Waals surface area (Å²) in [5.41, 5.74) is 7.85. The zero-order valence-corrected chi connectivity index (χ0v) is 15.4. The third kappa shape index (κ3) is 6.64. The lowest BCUT2D eigenvalue weighted by Gasteiger charge is -2.12. The number of hydrogen-bond donors (Lipinski definition) is 2. The molecule has 0 bridgehead atoms. The SMILES string of the molecule is C=C(C)CNC(N)=NCc1ccnc(OC2CCCC2)c1.I. The Labute approximate surface area is 149 Å². The summed E-state index contributed by atoms with van der Waals surface area (Å²) >= 11 is 0. The molecule has 0 aromatic carbocycles. The second kappa shape index (κ2) is 9.66. The average molecular weight is 416 g/mol. The maximum Gasteiger partial charge on any atom is 0.213 e. The van der Waals surface area contributed by atoms with Crippen LogP contribution < -0.4 is 15.8 Å². The molecule has 0 saturated heterocycles. The number of nitrogens with one attached hydrogen (secondary N) is 1. The molecule has 1 heterocycles. The summed E-state index contributed by atoms with van der Waals surface area (Å²) < 4.78 is 5.88. The monoisotopic (exact) mass is 416 g/mol. The van der Waals surface area contributed by atoms with Crippen molar-refractivity contribution < 1.29 is 4.74 Å². The molecule has 0 radical (unpaired) electrons. The van der Waals surface area contributed by atoms with Gasteiger partial charge < -0.3 is 15.8 Å². The molecule has 1 aromatic heterocycles. The van der Waals surface area contributed by atoms with Gasteiger partial charge in [-0.05, 0) is 44.2 Å². The highest BCUT2D eigenvalue weighted by molar-refractivity contribution is 14.0. The van der Waals surface area contributed by atoms with Crippen LogP contribution >= 0.6 is 24.0 Å². The quantitative estimate of drug-likeness (QED) is 0.324. The van der Waals surface area contributed by atoms with E-state index in [1.807, 2.05) is 19.1 Å². The molecule has 5 nitrogen and oxygen atoms in total. The number of guanidine groups is 1. The molecule has 1 aliphatic carbocycles. The van der Waals surface area contributed by atoms with E-state index in [-0.39, 0.29) is 24.0 Å². The van der Waals surface area contributed by atoms with Crippen molar-refractivity contribution in [1.82, 2.24) is 10.3 Å². The summed E-state index contributed by atoms with van der Waals surface area (Å²) in [6, 6.07) is 3.87. The van der Waals surface area contributed by atoms with Gasteiger partial charge in [0.1, 0.15) is 6.10 Å². The van der Waals surface area contributed by atoms with Gasteiger partial charge in [0.05, 0.1) is 6.54 Å². The highest BCUT2D eigenvalue weighted by Gasteiger charge is 2.16. The lowest BCUT2D eigenvalue weighted by Crippen LogP contribution is -2.32. The average Bonchev–Trinajstić information content (AvgIpc) is 2.96. The molecule has 1 aromatic rings. The fraction of sp³-hybridized carbons (Fsp3) is 0.500. The maximum atomic E-state index is 5.88. The highest BCUT2D eigenvalue weighted by Crippen LogP contribution is 2.23. The summed E-state index contributed by atoms with van der Waals surface area (Å²) in [5.74, 6) is 1.11. The summed E-state index contributed by atoms with van der Waals surface area (Å²) in [7, 11) is 0. The number of rotatable bonds is 6. The van der Waals surface area contributed by atoms with Crippen LogP contribution in [0.2, 0.25) is 0 Å². The molecule has 2 rings (SSSR count). The van der Waals surface area contributed by atoms with Crippen molar-refractivity contribution in [3.05, 3.63) is 36.0 Å². The van der Waals surface area contributed by atoms with Crippen LogP contribution in [0.3, 0.4) is 0 Å². The van der Waals surface area contributed by atoms with Gasteiger partial charge >= 0.3 is 0 Å². The van der Waals surface area contributed by atoms with Crippen molar-refractivity contribution >= 4 is 29.9 Å². The first-order valence-corrected chi connectivity index (χ1v) is 7.43. The molecule has 1 aliphatic rings. The zero-order valence-electron chi connectivity index (χ0n) is 13.0. The van der Waals surface area contributed by atoms with Crippen molar-refractivity contribution in [3.63, 3.8) is 0 Å². The van der Waals surface area contributed by atoms with Crippen LogP contribution in [0.25, 0.3) is 0 Å². The van der Waals surface area contributed by atoms with E-state index < -0.39 is 0 Å². The highest BCUT2D eigenvalue weighted by atomic mass is 127. The summed E-state index contributed by atoms with van der Waals surface area (Å²) in [6.45, 7) is 6.90. The normalized spacial score (nSPS) is 15.2. The molecule has 1 saturated carbocycles. The van der Waals surface area contributed by atoms with Gasteiger partial charge in [-0.15, -0.1) is 24.0 Å². The first-order valence-electron chi connectivity index (χ1n) is 7.43. The Morgan fingerprint density at radius 1 is 1.50 bits per heavy atom. The zero-order chi connectivity index (χ0) is 15.1. The smallest absolute Gasteiger partial charge is 0.213 e. The first kappa shape index (κ1) is 18.7. The van der Waals surface area contributed by atoms with Crippen molar-refractivity contribution in [2.24, 2.45) is 10.7 Å². The molecular formula is C16H25IN4O. The largest absolute Gasteiger partial charge is 0.474 e. The van der Waals surface area contributed by atoms with Crippen LogP contribution in [0, 0.1) is 0 Å². The van der Waals surface area contributed by atoms with Gasteiger partial charge in [0.15, 0.2) is 5.96 Å². The van der Waals surface area contributed by atoms with Crippen molar-refractivity contribution in [3.8, 4) is 5.88 Å². The van der Waals surface area contributed by atoms with Crippen LogP contribution in [0.4, 0.5) is 0 Å². The fourth-order valence-corrected chi connectivity index (χ4v) is 2.26. The Bertz CT molecular complexity index is 513. The second-order valence-corrected chi connectivity index (χ2v) is 5.54. The topological polar surface area (TPSA) is 72.5 Å². The van der Waals surface area contributed by atoms with E-state index in [4.69, 9.17) is 10.5 Å². The molecule has 3 N–H and O–H groups in total. The number of halogens is 1. The van der Waals surface area contributed by atoms with Gasteiger partial charge in [-0.3, -0.25) is 0 Å². The van der Waals surface area contributed by atoms with E-state index in [0.29, 0.717) is 31.0 Å². The number of ether oxygens (including phenoxy) is 1. The summed E-state index contributed by atoms with van der Waals surface area (Å²) in [5, 5.41) is 3.01. The van der Waals surface area contributed by atoms with Gasteiger partial charge in [0, 0.05) is 18.8 Å². The minimum absolute atomic E-state index is 0. The van der Waals surface area contributed by atoms with Crippen LogP contribution in [-0.4, -0.2) is 23.6 Å². The molecule has 22 heavy (non-hydrogen) atoms. The van der Waals surface area contributed by atoms with E-state index >= 15 is 0 Å². The lowest BCUT2D eigenvalue weighted by atomic mass is 10.2. The molecule has 0 amide bonds. The minimum atomic E-state index is 0. The predicted molar refractivity (Wildman–Crippen MR) is 101 cm³/mol. The van der Waals surface area contributed by atoms with Crippen molar-refractivity contribution in [1.29, 1.82) is 0 Å². The lowest BCUT2D eigenvalue weighted by molar-refractivity contribution is 0.201. The predicted octanol–water partition coefficient (Wildman–Crippen LogP) is 3.00. The maximum absolute atomic E-state index is 5.88. The van der Waals surface area contributed by atoms with Gasteiger partial charge in [0.2, 0.25) is 5.88 Å². The standard InChI is InChI=1S/C16H24N4O.HI/c1-12(2)10-19-16(17)20-11-13-7-8-18-15(9-13)21-14-5-3-4-6-14;/h7-9,14H,1,3-6,10-11H2,2H3,(H3,17,19,20);1H. The Morgan fingerprint density at radius 2 is 2.23 bits per heavy atom. The number of nitrogens with zero attached hydrogens (tertiary/aromatic N) is 2. The van der Waals surface area contributed by atoms with Gasteiger partial charge in [-0.2, -0.15) is 0 Å². The Morgan fingerprint density at radius 3 is 2.91 bits per heavy atom. The van der Waals surface area contributed by atoms with E-state index in [1.165, 1.54) is 12.8 Å². The van der Waals surface area contributed by atoms with Crippen LogP contribution in [-0.2, 0) is 6.54 Å². The summed E-state index contributed by atoms with van der Waals surface area (Å²) in [4.78, 5) is 8.56. The third-order valence-electron chi connectivity index (χ3n) is 3.39. The molecule has 1 fully saturated rings. The van der Waals surface area contributed by atoms with E-state index in [0.717, 1.165) is 24.0 Å². The molecule has 122 valence electrons. The molecule has 0 spiro atoms. The molecular weight excluding hydrogens is 391 g/mol. The molecule has 6 heteroatoms. The number of hydrogen-bond acceptors (Lipinski definition) is 3.